The Morgan fingerprint density at radius 3 is 2.81 bits per heavy atom. The molecular weight excluding hydrogens is 260 g/mol. The number of para-hydroxylation sites is 1. The molecule has 1 heterocycles. The Morgan fingerprint density at radius 1 is 1.44 bits per heavy atom. The van der Waals surface area contributed by atoms with E-state index >= 15 is 0 Å². The van der Waals surface area contributed by atoms with E-state index in [1.165, 1.54) is 0 Å². The summed E-state index contributed by atoms with van der Waals surface area (Å²) in [6.07, 6.45) is 1.81. The van der Waals surface area contributed by atoms with Crippen LogP contribution in [0.1, 0.15) is 9.88 Å². The van der Waals surface area contributed by atoms with Crippen LogP contribution in [0.15, 0.2) is 30.5 Å². The summed E-state index contributed by atoms with van der Waals surface area (Å²) in [7, 11) is 0. The lowest BCUT2D eigenvalue weighted by Gasteiger charge is -2.06. The van der Waals surface area contributed by atoms with Crippen molar-refractivity contribution in [3.05, 3.63) is 45.4 Å². The fraction of sp³-hybridized carbons (Fsp3) is 0.0909. The zero-order valence-corrected chi connectivity index (χ0v) is 10.9. The van der Waals surface area contributed by atoms with Gasteiger partial charge in [0.1, 0.15) is 4.99 Å². The fourth-order valence-electron chi connectivity index (χ4n) is 1.20. The fourth-order valence-corrected chi connectivity index (χ4v) is 2.33. The van der Waals surface area contributed by atoms with Gasteiger partial charge in [-0.1, -0.05) is 36.0 Å². The summed E-state index contributed by atoms with van der Waals surface area (Å²) >= 11 is 12.8. The van der Waals surface area contributed by atoms with Crippen LogP contribution in [0, 0.1) is 6.92 Å². The van der Waals surface area contributed by atoms with Crippen molar-refractivity contribution in [3.8, 4) is 0 Å². The number of nitrogens with one attached hydrogen (secondary N) is 1. The number of thiazole rings is 1. The second-order valence-electron chi connectivity index (χ2n) is 3.21. The molecule has 1 aromatic carbocycles. The smallest absolute Gasteiger partial charge is 0.151 e. The molecule has 2 aromatic rings. The van der Waals surface area contributed by atoms with E-state index < -0.39 is 0 Å². The van der Waals surface area contributed by atoms with Crippen molar-refractivity contribution >= 4 is 45.8 Å². The van der Waals surface area contributed by atoms with Crippen LogP contribution in [0.2, 0.25) is 5.02 Å². The average molecular weight is 269 g/mol. The molecule has 0 radical (unpaired) electrons. The molecule has 0 aliphatic heterocycles. The van der Waals surface area contributed by atoms with E-state index in [0.29, 0.717) is 10.0 Å². The summed E-state index contributed by atoms with van der Waals surface area (Å²) in [6, 6.07) is 7.49. The Labute approximate surface area is 108 Å². The molecule has 1 aromatic heterocycles. The highest BCUT2D eigenvalue weighted by Crippen LogP contribution is 2.22. The average Bonchev–Trinajstić information content (AvgIpc) is 2.68. The predicted molar refractivity (Wildman–Crippen MR) is 73.6 cm³/mol. The molecule has 0 aliphatic carbocycles. The number of halogens is 1. The molecule has 0 bridgehead atoms. The molecular formula is C11H9ClN2S2. The summed E-state index contributed by atoms with van der Waals surface area (Å²) < 4.78 is 0. The van der Waals surface area contributed by atoms with E-state index in [1.807, 2.05) is 31.2 Å². The number of thiocarbonyl (C=S) groups is 1. The van der Waals surface area contributed by atoms with Gasteiger partial charge >= 0.3 is 0 Å². The first-order valence-electron chi connectivity index (χ1n) is 4.65. The minimum Gasteiger partial charge on any atom is -0.343 e. The maximum Gasteiger partial charge on any atom is 0.151 e. The standard InChI is InChI=1S/C11H9ClN2S2/c1-7-6-13-11(16-7)10(15)14-9-5-3-2-4-8(9)12/h2-6H,1H3,(H,14,15). The molecule has 1 N–H and O–H groups in total. The number of hydrogen-bond acceptors (Lipinski definition) is 3. The van der Waals surface area contributed by atoms with Gasteiger partial charge in [0, 0.05) is 11.1 Å². The molecule has 0 unspecified atom stereocenters. The minimum absolute atomic E-state index is 0.603. The van der Waals surface area contributed by atoms with Crippen LogP contribution >= 0.6 is 35.2 Å². The monoisotopic (exact) mass is 268 g/mol. The number of benzene rings is 1. The molecule has 16 heavy (non-hydrogen) atoms. The van der Waals surface area contributed by atoms with Crippen molar-refractivity contribution in [2.75, 3.05) is 5.32 Å². The molecule has 0 saturated carbocycles. The van der Waals surface area contributed by atoms with Crippen LogP contribution < -0.4 is 5.32 Å². The van der Waals surface area contributed by atoms with E-state index in [-0.39, 0.29) is 0 Å². The maximum absolute atomic E-state index is 6.02. The second kappa shape index (κ2) is 4.91. The Morgan fingerprint density at radius 2 is 2.19 bits per heavy atom. The lowest BCUT2D eigenvalue weighted by molar-refractivity contribution is 1.36. The van der Waals surface area contributed by atoms with Crippen LogP contribution in [0.5, 0.6) is 0 Å². The Bertz CT molecular complexity index is 522. The summed E-state index contributed by atoms with van der Waals surface area (Å²) in [5.41, 5.74) is 0.807. The maximum atomic E-state index is 6.02. The van der Waals surface area contributed by atoms with E-state index in [0.717, 1.165) is 15.6 Å². The van der Waals surface area contributed by atoms with Crippen LogP contribution in [0.4, 0.5) is 5.69 Å². The Kier molecular flexibility index (Phi) is 3.53. The van der Waals surface area contributed by atoms with Crippen LogP contribution in [0.3, 0.4) is 0 Å². The third-order valence-corrected chi connectivity index (χ3v) is 3.62. The highest BCUT2D eigenvalue weighted by Gasteiger charge is 2.07. The lowest BCUT2D eigenvalue weighted by Crippen LogP contribution is -2.10. The molecule has 0 aliphatic rings. The molecule has 0 fully saturated rings. The van der Waals surface area contributed by atoms with Crippen LogP contribution in [0.25, 0.3) is 0 Å². The van der Waals surface area contributed by atoms with Gasteiger partial charge in [-0.2, -0.15) is 0 Å². The molecule has 2 rings (SSSR count). The summed E-state index contributed by atoms with van der Waals surface area (Å²) in [5.74, 6) is 0. The summed E-state index contributed by atoms with van der Waals surface area (Å²) in [5, 5.41) is 4.55. The number of hydrogen-bond donors (Lipinski definition) is 1. The lowest BCUT2D eigenvalue weighted by atomic mass is 10.3. The number of anilines is 1. The van der Waals surface area contributed by atoms with E-state index in [1.54, 1.807) is 17.5 Å². The molecule has 0 amide bonds. The summed E-state index contributed by atoms with van der Waals surface area (Å²) in [4.78, 5) is 5.95. The quantitative estimate of drug-likeness (QED) is 0.837. The van der Waals surface area contributed by atoms with E-state index in [9.17, 15) is 0 Å². The van der Waals surface area contributed by atoms with Crippen molar-refractivity contribution < 1.29 is 0 Å². The van der Waals surface area contributed by atoms with E-state index in [2.05, 4.69) is 10.3 Å². The first kappa shape index (κ1) is 11.5. The minimum atomic E-state index is 0.603. The van der Waals surface area contributed by atoms with Gasteiger partial charge in [-0.25, -0.2) is 4.98 Å². The topological polar surface area (TPSA) is 24.9 Å². The predicted octanol–water partition coefficient (Wildman–Crippen LogP) is 3.89. The van der Waals surface area contributed by atoms with Crippen molar-refractivity contribution in [1.29, 1.82) is 0 Å². The zero-order chi connectivity index (χ0) is 11.5. The van der Waals surface area contributed by atoms with Gasteiger partial charge in [0.2, 0.25) is 0 Å². The molecule has 82 valence electrons. The zero-order valence-electron chi connectivity index (χ0n) is 8.53. The largest absolute Gasteiger partial charge is 0.343 e. The van der Waals surface area contributed by atoms with Gasteiger partial charge in [-0.15, -0.1) is 11.3 Å². The normalized spacial score (nSPS) is 10.1. The molecule has 5 heteroatoms. The highest BCUT2D eigenvalue weighted by molar-refractivity contribution is 7.81. The van der Waals surface area contributed by atoms with Crippen LogP contribution in [-0.4, -0.2) is 9.97 Å². The molecule has 0 atom stereocenters. The first-order chi connectivity index (χ1) is 7.66. The molecule has 0 spiro atoms. The van der Waals surface area contributed by atoms with Crippen molar-refractivity contribution in [3.63, 3.8) is 0 Å². The van der Waals surface area contributed by atoms with E-state index in [4.69, 9.17) is 23.8 Å². The second-order valence-corrected chi connectivity index (χ2v) is 5.26. The third kappa shape index (κ3) is 2.58. The van der Waals surface area contributed by atoms with Crippen molar-refractivity contribution in [1.82, 2.24) is 4.98 Å². The van der Waals surface area contributed by atoms with Crippen LogP contribution in [-0.2, 0) is 0 Å². The van der Waals surface area contributed by atoms with Gasteiger partial charge in [-0.3, -0.25) is 0 Å². The highest BCUT2D eigenvalue weighted by atomic mass is 35.5. The van der Waals surface area contributed by atoms with Crippen molar-refractivity contribution in [2.45, 2.75) is 6.92 Å². The Hall–Kier alpha value is -0.970. The molecule has 2 nitrogen and oxygen atoms in total. The third-order valence-electron chi connectivity index (χ3n) is 1.94. The number of aromatic nitrogens is 1. The van der Waals surface area contributed by atoms with Gasteiger partial charge in [0.05, 0.1) is 10.7 Å². The Balaban J connectivity index is 2.17. The summed E-state index contributed by atoms with van der Waals surface area (Å²) in [6.45, 7) is 2.00. The number of rotatable bonds is 2. The van der Waals surface area contributed by atoms with Gasteiger partial charge in [0.25, 0.3) is 0 Å². The van der Waals surface area contributed by atoms with Crippen molar-refractivity contribution in [2.24, 2.45) is 0 Å². The number of nitrogens with zero attached hydrogens (tertiary/aromatic N) is 1. The number of aryl methyl sites for hydroxylation is 1. The SMILES string of the molecule is Cc1cnc(C(=S)Nc2ccccc2Cl)s1. The van der Waals surface area contributed by atoms with Gasteiger partial charge in [0.15, 0.2) is 5.01 Å². The first-order valence-corrected chi connectivity index (χ1v) is 6.25. The van der Waals surface area contributed by atoms with Gasteiger partial charge in [-0.05, 0) is 19.1 Å². The molecule has 0 saturated heterocycles. The van der Waals surface area contributed by atoms with Gasteiger partial charge < -0.3 is 5.32 Å².